The topological polar surface area (TPSA) is 79.5 Å². The van der Waals surface area contributed by atoms with E-state index in [0.29, 0.717) is 31.9 Å². The molecule has 6 heteroatoms. The summed E-state index contributed by atoms with van der Waals surface area (Å²) in [5.41, 5.74) is 4.77. The number of urea groups is 1. The summed E-state index contributed by atoms with van der Waals surface area (Å²) in [4.78, 5) is 24.1. The highest BCUT2D eigenvalue weighted by molar-refractivity contribution is 5.94. The van der Waals surface area contributed by atoms with Gasteiger partial charge in [-0.2, -0.15) is 0 Å². The van der Waals surface area contributed by atoms with Crippen molar-refractivity contribution in [2.45, 2.75) is 46.2 Å². The Bertz CT molecular complexity index is 1020. The van der Waals surface area contributed by atoms with Crippen LogP contribution in [0, 0.1) is 0 Å². The molecule has 0 unspecified atom stereocenters. The summed E-state index contributed by atoms with van der Waals surface area (Å²) in [6.45, 7) is 5.79. The quantitative estimate of drug-likeness (QED) is 0.429. The molecule has 172 valence electrons. The third-order valence-corrected chi connectivity index (χ3v) is 4.95. The van der Waals surface area contributed by atoms with Crippen LogP contribution in [0.1, 0.15) is 46.5 Å². The van der Waals surface area contributed by atoms with Gasteiger partial charge in [0.2, 0.25) is 0 Å². The van der Waals surface area contributed by atoms with Gasteiger partial charge >= 0.3 is 6.03 Å². The number of hydrogen-bond donors (Lipinski definition) is 3. The molecule has 0 heterocycles. The maximum absolute atomic E-state index is 12.4. The normalized spacial score (nSPS) is 10.6. The number of nitrogens with one attached hydrogen (secondary N) is 3. The SMILES string of the molecule is CC(C)NC(=O)NCc1ccc(C(=O)NCc2ccc(COCc3ccccc3)cc2)cc1. The third-order valence-electron chi connectivity index (χ3n) is 4.95. The van der Waals surface area contributed by atoms with Crippen LogP contribution in [0.4, 0.5) is 4.79 Å². The van der Waals surface area contributed by atoms with Crippen molar-refractivity contribution in [3.63, 3.8) is 0 Å². The minimum Gasteiger partial charge on any atom is -0.372 e. The minimum atomic E-state index is -0.208. The second kappa shape index (κ2) is 12.4. The lowest BCUT2D eigenvalue weighted by molar-refractivity contribution is 0.0950. The molecular weight excluding hydrogens is 414 g/mol. The largest absolute Gasteiger partial charge is 0.372 e. The maximum atomic E-state index is 12.4. The fourth-order valence-electron chi connectivity index (χ4n) is 3.17. The van der Waals surface area contributed by atoms with E-state index in [9.17, 15) is 9.59 Å². The van der Waals surface area contributed by atoms with Crippen LogP contribution in [0.3, 0.4) is 0 Å². The summed E-state index contributed by atoms with van der Waals surface area (Å²) in [5.74, 6) is -0.137. The van der Waals surface area contributed by atoms with E-state index in [0.717, 1.165) is 22.3 Å². The summed E-state index contributed by atoms with van der Waals surface area (Å²) in [6, 6.07) is 25.2. The molecule has 3 amide bonds. The Kier molecular flexibility index (Phi) is 9.03. The van der Waals surface area contributed by atoms with Crippen molar-refractivity contribution in [2.75, 3.05) is 0 Å². The highest BCUT2D eigenvalue weighted by atomic mass is 16.5. The number of ether oxygens (including phenoxy) is 1. The highest BCUT2D eigenvalue weighted by Gasteiger charge is 2.07. The lowest BCUT2D eigenvalue weighted by atomic mass is 10.1. The number of amides is 3. The molecule has 0 aromatic heterocycles. The van der Waals surface area contributed by atoms with Gasteiger partial charge in [0.1, 0.15) is 0 Å². The van der Waals surface area contributed by atoms with E-state index in [2.05, 4.69) is 16.0 Å². The first-order chi connectivity index (χ1) is 16.0. The van der Waals surface area contributed by atoms with Crippen molar-refractivity contribution in [1.82, 2.24) is 16.0 Å². The van der Waals surface area contributed by atoms with Crippen molar-refractivity contribution in [3.8, 4) is 0 Å². The monoisotopic (exact) mass is 445 g/mol. The van der Waals surface area contributed by atoms with Crippen LogP contribution < -0.4 is 16.0 Å². The van der Waals surface area contributed by atoms with Gasteiger partial charge in [-0.1, -0.05) is 66.7 Å². The smallest absolute Gasteiger partial charge is 0.315 e. The summed E-state index contributed by atoms with van der Waals surface area (Å²) in [7, 11) is 0. The lowest BCUT2D eigenvalue weighted by Gasteiger charge is -2.10. The Hall–Kier alpha value is -3.64. The van der Waals surface area contributed by atoms with Gasteiger partial charge in [0.25, 0.3) is 5.91 Å². The van der Waals surface area contributed by atoms with E-state index >= 15 is 0 Å². The number of rotatable bonds is 10. The van der Waals surface area contributed by atoms with Gasteiger partial charge in [-0.05, 0) is 48.2 Å². The minimum absolute atomic E-state index is 0.0836. The predicted molar refractivity (Wildman–Crippen MR) is 129 cm³/mol. The second-order valence-electron chi connectivity index (χ2n) is 8.16. The Morgan fingerprint density at radius 2 is 1.21 bits per heavy atom. The Labute approximate surface area is 195 Å². The van der Waals surface area contributed by atoms with Crippen molar-refractivity contribution in [1.29, 1.82) is 0 Å². The lowest BCUT2D eigenvalue weighted by Crippen LogP contribution is -2.39. The van der Waals surface area contributed by atoms with Crippen LogP contribution in [-0.4, -0.2) is 18.0 Å². The molecular formula is C27H31N3O3. The van der Waals surface area contributed by atoms with E-state index < -0.39 is 0 Å². The number of benzene rings is 3. The molecule has 3 aromatic carbocycles. The van der Waals surface area contributed by atoms with Gasteiger partial charge < -0.3 is 20.7 Å². The van der Waals surface area contributed by atoms with Gasteiger partial charge in [-0.3, -0.25) is 4.79 Å². The summed E-state index contributed by atoms with van der Waals surface area (Å²) in [6.07, 6.45) is 0. The highest BCUT2D eigenvalue weighted by Crippen LogP contribution is 2.09. The number of carbonyl (C=O) groups excluding carboxylic acids is 2. The fourth-order valence-corrected chi connectivity index (χ4v) is 3.17. The number of carbonyl (C=O) groups is 2. The number of hydrogen-bond acceptors (Lipinski definition) is 3. The molecule has 0 saturated carbocycles. The standard InChI is InChI=1S/C27H31N3O3/c1-20(2)30-27(32)29-17-22-12-14-25(15-13-22)26(31)28-16-21-8-10-24(11-9-21)19-33-18-23-6-4-3-5-7-23/h3-15,20H,16-19H2,1-2H3,(H,28,31)(H2,29,30,32). The molecule has 0 saturated heterocycles. The Morgan fingerprint density at radius 3 is 1.82 bits per heavy atom. The molecule has 6 nitrogen and oxygen atoms in total. The average Bonchev–Trinajstić information content (AvgIpc) is 2.82. The van der Waals surface area contributed by atoms with Crippen LogP contribution in [0.25, 0.3) is 0 Å². The average molecular weight is 446 g/mol. The Morgan fingerprint density at radius 1 is 0.697 bits per heavy atom. The van der Waals surface area contributed by atoms with Crippen LogP contribution in [0.2, 0.25) is 0 Å². The molecule has 0 bridgehead atoms. The predicted octanol–water partition coefficient (Wildman–Crippen LogP) is 4.54. The van der Waals surface area contributed by atoms with E-state index in [1.54, 1.807) is 12.1 Å². The summed E-state index contributed by atoms with van der Waals surface area (Å²) in [5, 5.41) is 8.51. The molecule has 3 N–H and O–H groups in total. The third kappa shape index (κ3) is 8.43. The molecule has 0 spiro atoms. The van der Waals surface area contributed by atoms with Crippen molar-refractivity contribution < 1.29 is 14.3 Å². The zero-order valence-corrected chi connectivity index (χ0v) is 19.1. The van der Waals surface area contributed by atoms with Crippen molar-refractivity contribution >= 4 is 11.9 Å². The molecule has 0 radical (unpaired) electrons. The zero-order chi connectivity index (χ0) is 23.5. The summed E-state index contributed by atoms with van der Waals surface area (Å²) >= 11 is 0. The van der Waals surface area contributed by atoms with Gasteiger partial charge in [0.15, 0.2) is 0 Å². The molecule has 33 heavy (non-hydrogen) atoms. The molecule has 3 rings (SSSR count). The fraction of sp³-hybridized carbons (Fsp3) is 0.259. The van der Waals surface area contributed by atoms with Gasteiger partial charge in [0, 0.05) is 24.7 Å². The van der Waals surface area contributed by atoms with E-state index in [1.807, 2.05) is 80.6 Å². The van der Waals surface area contributed by atoms with Crippen LogP contribution >= 0.6 is 0 Å². The molecule has 0 aliphatic rings. The van der Waals surface area contributed by atoms with Crippen molar-refractivity contribution in [3.05, 3.63) is 107 Å². The second-order valence-corrected chi connectivity index (χ2v) is 8.16. The molecule has 0 fully saturated rings. The van der Waals surface area contributed by atoms with E-state index in [4.69, 9.17) is 4.74 Å². The van der Waals surface area contributed by atoms with Gasteiger partial charge in [0.05, 0.1) is 13.2 Å². The first-order valence-electron chi connectivity index (χ1n) is 11.1. The first-order valence-corrected chi connectivity index (χ1v) is 11.1. The molecule has 3 aromatic rings. The summed E-state index contributed by atoms with van der Waals surface area (Å²) < 4.78 is 5.76. The van der Waals surface area contributed by atoms with Crippen LogP contribution in [0.15, 0.2) is 78.9 Å². The Balaban J connectivity index is 1.40. The van der Waals surface area contributed by atoms with E-state index in [-0.39, 0.29) is 18.0 Å². The maximum Gasteiger partial charge on any atom is 0.315 e. The first kappa shape index (κ1) is 24.0. The van der Waals surface area contributed by atoms with E-state index in [1.165, 1.54) is 0 Å². The van der Waals surface area contributed by atoms with Crippen LogP contribution in [0.5, 0.6) is 0 Å². The molecule has 0 aliphatic carbocycles. The van der Waals surface area contributed by atoms with Gasteiger partial charge in [-0.15, -0.1) is 0 Å². The van der Waals surface area contributed by atoms with Crippen LogP contribution in [-0.2, 0) is 31.0 Å². The zero-order valence-electron chi connectivity index (χ0n) is 19.1. The molecule has 0 atom stereocenters. The molecule has 0 aliphatic heterocycles. The van der Waals surface area contributed by atoms with Crippen molar-refractivity contribution in [2.24, 2.45) is 0 Å². The van der Waals surface area contributed by atoms with Gasteiger partial charge in [-0.25, -0.2) is 4.79 Å².